The van der Waals surface area contributed by atoms with Crippen molar-refractivity contribution in [1.82, 2.24) is 16.0 Å². The quantitative estimate of drug-likeness (QED) is 0.376. The highest BCUT2D eigenvalue weighted by atomic mass is 19.1. The Morgan fingerprint density at radius 1 is 1.08 bits per heavy atom. The van der Waals surface area contributed by atoms with E-state index >= 15 is 0 Å². The molecule has 0 aliphatic carbocycles. The minimum atomic E-state index is -1.21. The van der Waals surface area contributed by atoms with Crippen LogP contribution in [0.1, 0.15) is 24.8 Å². The van der Waals surface area contributed by atoms with Gasteiger partial charge in [0.1, 0.15) is 18.4 Å². The van der Waals surface area contributed by atoms with Crippen molar-refractivity contribution in [2.75, 3.05) is 13.1 Å². The van der Waals surface area contributed by atoms with Crippen LogP contribution in [0.25, 0.3) is 0 Å². The molecule has 25 heavy (non-hydrogen) atoms. The van der Waals surface area contributed by atoms with Gasteiger partial charge in [-0.3, -0.25) is 4.79 Å². The Hall–Kier alpha value is -2.68. The van der Waals surface area contributed by atoms with Gasteiger partial charge in [0.05, 0.1) is 0 Å². The maximum atomic E-state index is 12.8. The van der Waals surface area contributed by atoms with Gasteiger partial charge in [0, 0.05) is 6.54 Å². The highest BCUT2D eigenvalue weighted by Gasteiger charge is 2.19. The standard InChI is InChI=1S/C16H22FN3O5/c17-12-6-4-11(5-7-12)9-18-8-2-1-3-13(15(23)24)20-16(25)19-10-14(21)22/h4-7,13,18H,1-3,8-10H2,(H,21,22)(H,23,24)(H2,19,20,25)/t13-/m0/s1. The second kappa shape index (κ2) is 11.0. The number of amides is 2. The van der Waals surface area contributed by atoms with Crippen molar-refractivity contribution in [3.05, 3.63) is 35.6 Å². The number of halogens is 1. The van der Waals surface area contributed by atoms with E-state index in [-0.39, 0.29) is 12.2 Å². The maximum Gasteiger partial charge on any atom is 0.326 e. The highest BCUT2D eigenvalue weighted by Crippen LogP contribution is 2.04. The summed E-state index contributed by atoms with van der Waals surface area (Å²) in [5.41, 5.74) is 0.946. The minimum absolute atomic E-state index is 0.230. The second-order valence-corrected chi connectivity index (χ2v) is 5.41. The molecular formula is C16H22FN3O5. The Bertz CT molecular complexity index is 580. The second-order valence-electron chi connectivity index (χ2n) is 5.41. The van der Waals surface area contributed by atoms with Crippen molar-refractivity contribution in [2.45, 2.75) is 31.8 Å². The molecule has 0 aliphatic rings. The van der Waals surface area contributed by atoms with E-state index in [4.69, 9.17) is 10.2 Å². The van der Waals surface area contributed by atoms with E-state index in [0.717, 1.165) is 5.56 Å². The van der Waals surface area contributed by atoms with Crippen LogP contribution in [0, 0.1) is 5.82 Å². The number of aliphatic carboxylic acids is 2. The van der Waals surface area contributed by atoms with Gasteiger partial charge in [0.25, 0.3) is 0 Å². The number of rotatable bonds is 11. The van der Waals surface area contributed by atoms with Crippen LogP contribution in [0.3, 0.4) is 0 Å². The molecule has 1 aromatic carbocycles. The average molecular weight is 355 g/mol. The van der Waals surface area contributed by atoms with Crippen molar-refractivity contribution < 1.29 is 29.0 Å². The first-order valence-electron chi connectivity index (χ1n) is 7.82. The topological polar surface area (TPSA) is 128 Å². The van der Waals surface area contributed by atoms with Gasteiger partial charge in [-0.25, -0.2) is 14.0 Å². The summed E-state index contributed by atoms with van der Waals surface area (Å²) in [4.78, 5) is 32.8. The van der Waals surface area contributed by atoms with E-state index in [9.17, 15) is 18.8 Å². The number of carboxylic acid groups (broad SMARTS) is 2. The number of hydrogen-bond acceptors (Lipinski definition) is 4. The number of benzene rings is 1. The van der Waals surface area contributed by atoms with E-state index < -0.39 is 30.6 Å². The lowest BCUT2D eigenvalue weighted by Crippen LogP contribution is -2.47. The van der Waals surface area contributed by atoms with Crippen LogP contribution >= 0.6 is 0 Å². The first-order valence-corrected chi connectivity index (χ1v) is 7.82. The lowest BCUT2D eigenvalue weighted by atomic mass is 10.1. The number of hydrogen-bond donors (Lipinski definition) is 5. The smallest absolute Gasteiger partial charge is 0.326 e. The summed E-state index contributed by atoms with van der Waals surface area (Å²) in [5, 5.41) is 24.9. The fourth-order valence-electron chi connectivity index (χ4n) is 2.06. The van der Waals surface area contributed by atoms with Crippen molar-refractivity contribution in [3.8, 4) is 0 Å². The third kappa shape index (κ3) is 9.26. The molecule has 138 valence electrons. The molecule has 2 amide bonds. The van der Waals surface area contributed by atoms with Gasteiger partial charge < -0.3 is 26.2 Å². The predicted molar refractivity (Wildman–Crippen MR) is 87.6 cm³/mol. The molecule has 8 nitrogen and oxygen atoms in total. The molecule has 9 heteroatoms. The van der Waals surface area contributed by atoms with Crippen LogP contribution in [0.5, 0.6) is 0 Å². The van der Waals surface area contributed by atoms with Gasteiger partial charge in [0.15, 0.2) is 0 Å². The first-order chi connectivity index (χ1) is 11.9. The van der Waals surface area contributed by atoms with Gasteiger partial charge in [0.2, 0.25) is 0 Å². The van der Waals surface area contributed by atoms with Gasteiger partial charge in [-0.2, -0.15) is 0 Å². The molecule has 0 radical (unpaired) electrons. The molecule has 0 fully saturated rings. The summed E-state index contributed by atoms with van der Waals surface area (Å²) < 4.78 is 12.8. The maximum absolute atomic E-state index is 12.8. The molecule has 0 heterocycles. The van der Waals surface area contributed by atoms with E-state index in [0.29, 0.717) is 25.9 Å². The highest BCUT2D eigenvalue weighted by molar-refractivity contribution is 5.84. The van der Waals surface area contributed by atoms with Crippen molar-refractivity contribution in [2.24, 2.45) is 0 Å². The Balaban J connectivity index is 2.19. The number of unbranched alkanes of at least 4 members (excludes halogenated alkanes) is 1. The number of nitrogens with one attached hydrogen (secondary N) is 3. The number of carbonyl (C=O) groups is 3. The van der Waals surface area contributed by atoms with Crippen LogP contribution in [0.15, 0.2) is 24.3 Å². The molecule has 0 saturated carbocycles. The third-order valence-electron chi connectivity index (χ3n) is 3.34. The van der Waals surface area contributed by atoms with E-state index in [1.807, 2.05) is 5.32 Å². The lowest BCUT2D eigenvalue weighted by molar-refractivity contribution is -0.139. The third-order valence-corrected chi connectivity index (χ3v) is 3.34. The Morgan fingerprint density at radius 3 is 2.36 bits per heavy atom. The fourth-order valence-corrected chi connectivity index (χ4v) is 2.06. The zero-order valence-corrected chi connectivity index (χ0v) is 13.6. The van der Waals surface area contributed by atoms with Crippen LogP contribution in [-0.2, 0) is 16.1 Å². The Kier molecular flexibility index (Phi) is 8.94. The molecule has 0 aliphatic heterocycles. The fraction of sp³-hybridized carbons (Fsp3) is 0.438. The Labute approximate surface area is 144 Å². The zero-order chi connectivity index (χ0) is 18.7. The van der Waals surface area contributed by atoms with Gasteiger partial charge in [-0.05, 0) is 43.5 Å². The SMILES string of the molecule is O=C(O)CNC(=O)N[C@@H](CCCCNCc1ccc(F)cc1)C(=O)O. The molecular weight excluding hydrogens is 333 g/mol. The van der Waals surface area contributed by atoms with Crippen LogP contribution in [0.2, 0.25) is 0 Å². The van der Waals surface area contributed by atoms with Gasteiger partial charge in [-0.15, -0.1) is 0 Å². The van der Waals surface area contributed by atoms with Crippen LogP contribution in [-0.4, -0.2) is 47.3 Å². The summed E-state index contributed by atoms with van der Waals surface area (Å²) in [6.45, 7) is 0.652. The minimum Gasteiger partial charge on any atom is -0.480 e. The first kappa shape index (κ1) is 20.4. The molecule has 0 bridgehead atoms. The van der Waals surface area contributed by atoms with Crippen molar-refractivity contribution in [1.29, 1.82) is 0 Å². The molecule has 0 spiro atoms. The molecule has 1 rings (SSSR count). The normalized spacial score (nSPS) is 11.6. The van der Waals surface area contributed by atoms with E-state index in [1.54, 1.807) is 12.1 Å². The molecule has 1 aromatic rings. The van der Waals surface area contributed by atoms with Crippen LogP contribution < -0.4 is 16.0 Å². The summed E-state index contributed by atoms with van der Waals surface area (Å²) in [5.74, 6) is -2.68. The van der Waals surface area contributed by atoms with Gasteiger partial charge >= 0.3 is 18.0 Å². The summed E-state index contributed by atoms with van der Waals surface area (Å²) in [6, 6.07) is 4.23. The largest absolute Gasteiger partial charge is 0.480 e. The molecule has 0 unspecified atom stereocenters. The summed E-state index contributed by atoms with van der Waals surface area (Å²) >= 11 is 0. The Morgan fingerprint density at radius 2 is 1.76 bits per heavy atom. The van der Waals surface area contributed by atoms with E-state index in [2.05, 4.69) is 10.6 Å². The average Bonchev–Trinajstić information content (AvgIpc) is 2.56. The molecule has 0 saturated heterocycles. The molecule has 1 atom stereocenters. The molecule has 5 N–H and O–H groups in total. The van der Waals surface area contributed by atoms with Crippen molar-refractivity contribution in [3.63, 3.8) is 0 Å². The monoisotopic (exact) mass is 355 g/mol. The van der Waals surface area contributed by atoms with Crippen LogP contribution in [0.4, 0.5) is 9.18 Å². The van der Waals surface area contributed by atoms with E-state index in [1.165, 1.54) is 12.1 Å². The number of urea groups is 1. The zero-order valence-electron chi connectivity index (χ0n) is 13.6. The van der Waals surface area contributed by atoms with Crippen molar-refractivity contribution >= 4 is 18.0 Å². The molecule has 0 aromatic heterocycles. The lowest BCUT2D eigenvalue weighted by Gasteiger charge is -2.14. The number of carbonyl (C=O) groups excluding carboxylic acids is 1. The predicted octanol–water partition coefficient (Wildman–Crippen LogP) is 0.923. The van der Waals surface area contributed by atoms with Gasteiger partial charge in [-0.1, -0.05) is 12.1 Å². The summed E-state index contributed by atoms with van der Waals surface area (Å²) in [7, 11) is 0. The number of carboxylic acids is 2. The summed E-state index contributed by atoms with van der Waals surface area (Å²) in [6.07, 6.45) is 1.49.